The summed E-state index contributed by atoms with van der Waals surface area (Å²) in [6.07, 6.45) is 31.0. The first kappa shape index (κ1) is 54.1. The van der Waals surface area contributed by atoms with Crippen LogP contribution in [0.25, 0.3) is 0 Å². The highest BCUT2D eigenvalue weighted by atomic mass is 16.6. The minimum absolute atomic E-state index is 0.181. The minimum Gasteiger partial charge on any atom is -0.462 e. The highest BCUT2D eigenvalue weighted by molar-refractivity contribution is 5.79. The maximum absolute atomic E-state index is 12.9. The third-order valence-electron chi connectivity index (χ3n) is 11.1. The molecule has 59 heavy (non-hydrogen) atoms. The summed E-state index contributed by atoms with van der Waals surface area (Å²) in [6.45, 7) is 14.2. The van der Waals surface area contributed by atoms with E-state index in [2.05, 4.69) is 40.7 Å². The van der Waals surface area contributed by atoms with E-state index in [4.69, 9.17) is 18.9 Å². The Morgan fingerprint density at radius 2 is 0.831 bits per heavy atom. The van der Waals surface area contributed by atoms with Gasteiger partial charge in [-0.2, -0.15) is 0 Å². The Bertz CT molecular complexity index is 1220. The third-order valence-corrected chi connectivity index (χ3v) is 11.1. The molecule has 8 nitrogen and oxygen atoms in total. The fourth-order valence-corrected chi connectivity index (χ4v) is 7.80. The number of benzene rings is 1. The Labute approximate surface area is 361 Å². The maximum atomic E-state index is 12.9. The van der Waals surface area contributed by atoms with Crippen molar-refractivity contribution in [1.29, 1.82) is 0 Å². The summed E-state index contributed by atoms with van der Waals surface area (Å²) in [5.41, 5.74) is 2.72. The van der Waals surface area contributed by atoms with Gasteiger partial charge in [0.25, 0.3) is 0 Å². The summed E-state index contributed by atoms with van der Waals surface area (Å²) < 4.78 is 22.4. The van der Waals surface area contributed by atoms with E-state index in [0.717, 1.165) is 55.2 Å². The Balaban J connectivity index is 2.51. The zero-order valence-electron chi connectivity index (χ0n) is 39.1. The van der Waals surface area contributed by atoms with Crippen molar-refractivity contribution in [2.45, 2.75) is 253 Å². The molecule has 340 valence electrons. The van der Waals surface area contributed by atoms with E-state index in [0.29, 0.717) is 5.75 Å². The normalized spacial score (nSPS) is 11.5. The molecule has 0 aromatic heterocycles. The molecular formula is C51H88O8. The van der Waals surface area contributed by atoms with Crippen LogP contribution in [0.1, 0.15) is 244 Å². The standard InChI is InChI=1S/C51H88O8/c1-8-10-12-14-16-18-20-22-24-26-28-30-32-34-46(52)56-40-44(41-57-47(53)35-33-31-29-27-25-23-21-19-17-15-13-11-9-2)58-48(54)36-37-49(55)59-45-39-42(3)38-43(4)50(45)51(5,6)7/h38-39,44H,8-37,40-41H2,1-7H3. The second-order valence-corrected chi connectivity index (χ2v) is 18.1. The van der Waals surface area contributed by atoms with E-state index in [9.17, 15) is 19.2 Å². The molecule has 0 spiro atoms. The topological polar surface area (TPSA) is 105 Å². The van der Waals surface area contributed by atoms with Crippen molar-refractivity contribution in [2.75, 3.05) is 13.2 Å². The molecular weight excluding hydrogens is 741 g/mol. The van der Waals surface area contributed by atoms with Crippen molar-refractivity contribution >= 4 is 23.9 Å². The predicted molar refractivity (Wildman–Crippen MR) is 242 cm³/mol. The summed E-state index contributed by atoms with van der Waals surface area (Å²) in [7, 11) is 0. The number of hydrogen-bond donors (Lipinski definition) is 0. The minimum atomic E-state index is -0.961. The van der Waals surface area contributed by atoms with Crippen LogP contribution < -0.4 is 4.74 Å². The number of unbranched alkanes of at least 4 members (excludes halogenated alkanes) is 24. The van der Waals surface area contributed by atoms with Crippen LogP contribution in [0.2, 0.25) is 0 Å². The number of esters is 4. The monoisotopic (exact) mass is 829 g/mol. The van der Waals surface area contributed by atoms with Gasteiger partial charge in [0, 0.05) is 18.4 Å². The molecule has 0 atom stereocenters. The van der Waals surface area contributed by atoms with Crippen LogP contribution in [-0.2, 0) is 38.8 Å². The molecule has 0 saturated carbocycles. The molecule has 0 heterocycles. The van der Waals surface area contributed by atoms with Gasteiger partial charge in [-0.25, -0.2) is 0 Å². The lowest BCUT2D eigenvalue weighted by atomic mass is 9.83. The first-order chi connectivity index (χ1) is 28.4. The van der Waals surface area contributed by atoms with Gasteiger partial charge < -0.3 is 18.9 Å². The van der Waals surface area contributed by atoms with Crippen LogP contribution in [-0.4, -0.2) is 43.2 Å². The molecule has 0 fully saturated rings. The molecule has 0 bridgehead atoms. The zero-order chi connectivity index (χ0) is 43.6. The molecule has 0 aliphatic rings. The quantitative estimate of drug-likeness (QED) is 0.0283. The third kappa shape index (κ3) is 29.9. The smallest absolute Gasteiger partial charge is 0.311 e. The van der Waals surface area contributed by atoms with Gasteiger partial charge in [-0.3, -0.25) is 19.2 Å². The summed E-state index contributed by atoms with van der Waals surface area (Å²) in [5, 5.41) is 0. The van der Waals surface area contributed by atoms with Crippen molar-refractivity contribution in [3.63, 3.8) is 0 Å². The van der Waals surface area contributed by atoms with E-state index < -0.39 is 18.0 Å². The summed E-state index contributed by atoms with van der Waals surface area (Å²) in [4.78, 5) is 51.1. The Kier molecular flexibility index (Phi) is 31.9. The molecule has 0 aliphatic heterocycles. The maximum Gasteiger partial charge on any atom is 0.311 e. The lowest BCUT2D eigenvalue weighted by Crippen LogP contribution is -2.31. The highest BCUT2D eigenvalue weighted by Crippen LogP contribution is 2.35. The number of carbonyl (C=O) groups excluding carboxylic acids is 4. The van der Waals surface area contributed by atoms with Gasteiger partial charge in [0.05, 0.1) is 12.8 Å². The van der Waals surface area contributed by atoms with Gasteiger partial charge >= 0.3 is 23.9 Å². The van der Waals surface area contributed by atoms with Crippen LogP contribution >= 0.6 is 0 Å². The number of carbonyl (C=O) groups is 4. The SMILES string of the molecule is CCCCCCCCCCCCCCCC(=O)OCC(COC(=O)CCCCCCCCCCCCCCC)OC(=O)CCC(=O)Oc1cc(C)cc(C)c1C(C)(C)C. The largest absolute Gasteiger partial charge is 0.462 e. The summed E-state index contributed by atoms with van der Waals surface area (Å²) in [5.74, 6) is -1.42. The van der Waals surface area contributed by atoms with Crippen LogP contribution in [0.4, 0.5) is 0 Å². The second-order valence-electron chi connectivity index (χ2n) is 18.1. The fourth-order valence-electron chi connectivity index (χ4n) is 7.80. The summed E-state index contributed by atoms with van der Waals surface area (Å²) in [6, 6.07) is 3.91. The number of aryl methyl sites for hydroxylation is 2. The lowest BCUT2D eigenvalue weighted by Gasteiger charge is -2.25. The molecule has 0 N–H and O–H groups in total. The average Bonchev–Trinajstić information content (AvgIpc) is 3.17. The Hall–Kier alpha value is -2.90. The van der Waals surface area contributed by atoms with Gasteiger partial charge in [-0.1, -0.05) is 195 Å². The zero-order valence-corrected chi connectivity index (χ0v) is 39.1. The number of hydrogen-bond acceptors (Lipinski definition) is 8. The van der Waals surface area contributed by atoms with Gasteiger partial charge in [0.1, 0.15) is 19.0 Å². The van der Waals surface area contributed by atoms with Crippen molar-refractivity contribution in [3.8, 4) is 5.75 Å². The van der Waals surface area contributed by atoms with Crippen molar-refractivity contribution < 1.29 is 38.1 Å². The first-order valence-corrected chi connectivity index (χ1v) is 24.2. The van der Waals surface area contributed by atoms with Crippen LogP contribution in [0.5, 0.6) is 5.75 Å². The first-order valence-electron chi connectivity index (χ1n) is 24.2. The molecule has 1 rings (SSSR count). The van der Waals surface area contributed by atoms with E-state index in [1.54, 1.807) is 0 Å². The van der Waals surface area contributed by atoms with Crippen LogP contribution in [0, 0.1) is 13.8 Å². The summed E-state index contributed by atoms with van der Waals surface area (Å²) >= 11 is 0. The van der Waals surface area contributed by atoms with Gasteiger partial charge in [0.2, 0.25) is 0 Å². The molecule has 0 aliphatic carbocycles. The Morgan fingerprint density at radius 3 is 1.20 bits per heavy atom. The number of ether oxygens (including phenoxy) is 4. The van der Waals surface area contributed by atoms with Crippen molar-refractivity contribution in [2.24, 2.45) is 0 Å². The molecule has 1 aromatic rings. The van der Waals surface area contributed by atoms with Gasteiger partial charge in [-0.05, 0) is 49.3 Å². The number of rotatable bonds is 37. The molecule has 0 amide bonds. The molecule has 8 heteroatoms. The van der Waals surface area contributed by atoms with Gasteiger partial charge in [-0.15, -0.1) is 0 Å². The molecule has 0 radical (unpaired) electrons. The van der Waals surface area contributed by atoms with Crippen LogP contribution in [0.3, 0.4) is 0 Å². The lowest BCUT2D eigenvalue weighted by molar-refractivity contribution is -0.167. The fraction of sp³-hybridized carbons (Fsp3) is 0.804. The molecule has 0 saturated heterocycles. The highest BCUT2D eigenvalue weighted by Gasteiger charge is 2.25. The van der Waals surface area contributed by atoms with E-state index >= 15 is 0 Å². The average molecular weight is 829 g/mol. The van der Waals surface area contributed by atoms with E-state index in [1.165, 1.54) is 128 Å². The predicted octanol–water partition coefficient (Wildman–Crippen LogP) is 14.2. The van der Waals surface area contributed by atoms with Crippen molar-refractivity contribution in [1.82, 2.24) is 0 Å². The van der Waals surface area contributed by atoms with E-state index in [-0.39, 0.29) is 56.3 Å². The molecule has 1 aromatic carbocycles. The molecule has 0 unspecified atom stereocenters. The van der Waals surface area contributed by atoms with Crippen molar-refractivity contribution in [3.05, 3.63) is 28.8 Å². The van der Waals surface area contributed by atoms with Gasteiger partial charge in [0.15, 0.2) is 6.10 Å². The van der Waals surface area contributed by atoms with Crippen LogP contribution in [0.15, 0.2) is 12.1 Å². The second kappa shape index (κ2) is 34.8. The Morgan fingerprint density at radius 1 is 0.475 bits per heavy atom. The van der Waals surface area contributed by atoms with E-state index in [1.807, 2.05) is 19.9 Å².